The second-order valence-corrected chi connectivity index (χ2v) is 9.56. The fraction of sp³-hybridized carbons (Fsp3) is 0.458. The van der Waals surface area contributed by atoms with Gasteiger partial charge < -0.3 is 11.1 Å². The maximum atomic E-state index is 12.6. The summed E-state index contributed by atoms with van der Waals surface area (Å²) in [5.74, 6) is -0.702. The first-order valence-corrected chi connectivity index (χ1v) is 9.93. The number of allylic oxidation sites excluding steroid dienone is 3. The van der Waals surface area contributed by atoms with Gasteiger partial charge in [0.05, 0.1) is 18.1 Å². The number of nitrogens with zero attached hydrogens (tertiary/aromatic N) is 1. The second-order valence-electron chi connectivity index (χ2n) is 9.56. The molecular weight excluding hydrogens is 362 g/mol. The first kappa shape index (κ1) is 22.4. The minimum absolute atomic E-state index is 0.207. The summed E-state index contributed by atoms with van der Waals surface area (Å²) in [7, 11) is 0. The number of ketones is 1. The number of rotatable bonds is 4. The third kappa shape index (κ3) is 5.35. The summed E-state index contributed by atoms with van der Waals surface area (Å²) in [6.45, 7) is 12.3. The average molecular weight is 394 g/mol. The van der Waals surface area contributed by atoms with Crippen LogP contribution in [0.15, 0.2) is 35.6 Å². The van der Waals surface area contributed by atoms with Crippen LogP contribution < -0.4 is 11.1 Å². The lowest BCUT2D eigenvalue weighted by atomic mass is 9.77. The molecule has 0 heterocycles. The molecule has 1 aliphatic carbocycles. The van der Waals surface area contributed by atoms with E-state index in [-0.39, 0.29) is 23.0 Å². The summed E-state index contributed by atoms with van der Waals surface area (Å²) < 4.78 is 0. The molecular formula is C24H31N3O2. The highest BCUT2D eigenvalue weighted by Gasteiger charge is 2.27. The van der Waals surface area contributed by atoms with Crippen molar-refractivity contribution in [3.63, 3.8) is 0 Å². The SMILES string of the molecule is CC(C)(C)c1cc(C(C)(C)C)c(NC(=O)CC(=O)C2=CCCC=C2N)cc1C#N. The number of carbonyl (C=O) groups excluding carboxylic acids is 2. The predicted octanol–water partition coefficient (Wildman–Crippen LogP) is 4.61. The lowest BCUT2D eigenvalue weighted by Crippen LogP contribution is -2.24. The highest BCUT2D eigenvalue weighted by atomic mass is 16.2. The Kier molecular flexibility index (Phi) is 6.37. The summed E-state index contributed by atoms with van der Waals surface area (Å²) in [5.41, 5.74) is 9.24. The number of benzene rings is 1. The minimum atomic E-state index is -0.410. The van der Waals surface area contributed by atoms with Crippen LogP contribution >= 0.6 is 0 Å². The molecule has 29 heavy (non-hydrogen) atoms. The van der Waals surface area contributed by atoms with Gasteiger partial charge in [0, 0.05) is 17.0 Å². The van der Waals surface area contributed by atoms with Crippen molar-refractivity contribution in [2.45, 2.75) is 71.6 Å². The van der Waals surface area contributed by atoms with Crippen LogP contribution in [0.4, 0.5) is 5.69 Å². The molecule has 0 aromatic heterocycles. The Labute approximate surface area is 173 Å². The van der Waals surface area contributed by atoms with E-state index in [0.29, 0.717) is 22.5 Å². The first-order chi connectivity index (χ1) is 13.3. The van der Waals surface area contributed by atoms with Gasteiger partial charge in [-0.2, -0.15) is 5.26 Å². The molecule has 2 rings (SSSR count). The largest absolute Gasteiger partial charge is 0.398 e. The van der Waals surface area contributed by atoms with Crippen molar-refractivity contribution >= 4 is 17.4 Å². The third-order valence-corrected chi connectivity index (χ3v) is 4.98. The van der Waals surface area contributed by atoms with Gasteiger partial charge in [-0.1, -0.05) is 59.8 Å². The van der Waals surface area contributed by atoms with Crippen LogP contribution in [0.2, 0.25) is 0 Å². The van der Waals surface area contributed by atoms with Crippen LogP contribution in [0.5, 0.6) is 0 Å². The monoisotopic (exact) mass is 393 g/mol. The molecule has 0 unspecified atom stereocenters. The van der Waals surface area contributed by atoms with E-state index in [1.807, 2.05) is 12.1 Å². The topological polar surface area (TPSA) is 96.0 Å². The van der Waals surface area contributed by atoms with Crippen molar-refractivity contribution < 1.29 is 9.59 Å². The maximum absolute atomic E-state index is 12.6. The summed E-state index contributed by atoms with van der Waals surface area (Å²) in [6.07, 6.45) is 4.87. The van der Waals surface area contributed by atoms with E-state index in [0.717, 1.165) is 24.0 Å². The number of nitrogens with two attached hydrogens (primary N) is 1. The van der Waals surface area contributed by atoms with Crippen molar-refractivity contribution in [1.29, 1.82) is 5.26 Å². The lowest BCUT2D eigenvalue weighted by Gasteiger charge is -2.28. The van der Waals surface area contributed by atoms with E-state index in [2.05, 4.69) is 52.9 Å². The molecule has 0 bridgehead atoms. The van der Waals surface area contributed by atoms with E-state index in [9.17, 15) is 14.9 Å². The molecule has 1 aromatic carbocycles. The number of anilines is 1. The van der Waals surface area contributed by atoms with E-state index < -0.39 is 5.91 Å². The Morgan fingerprint density at radius 3 is 2.14 bits per heavy atom. The van der Waals surface area contributed by atoms with Crippen LogP contribution in [0.25, 0.3) is 0 Å². The summed E-state index contributed by atoms with van der Waals surface area (Å²) in [4.78, 5) is 25.1. The quantitative estimate of drug-likeness (QED) is 0.730. The summed E-state index contributed by atoms with van der Waals surface area (Å²) in [6, 6.07) is 5.96. The van der Waals surface area contributed by atoms with Crippen LogP contribution in [0, 0.1) is 11.3 Å². The van der Waals surface area contributed by atoms with Gasteiger partial charge in [-0.3, -0.25) is 9.59 Å². The Morgan fingerprint density at radius 2 is 1.62 bits per heavy atom. The number of carbonyl (C=O) groups is 2. The Bertz CT molecular complexity index is 933. The molecule has 1 aromatic rings. The molecule has 0 fully saturated rings. The molecule has 5 heteroatoms. The molecule has 0 saturated heterocycles. The van der Waals surface area contributed by atoms with Gasteiger partial charge in [0.15, 0.2) is 5.78 Å². The zero-order chi connectivity index (χ0) is 22.0. The molecule has 3 N–H and O–H groups in total. The van der Waals surface area contributed by atoms with Gasteiger partial charge in [0.2, 0.25) is 5.91 Å². The number of hydrogen-bond donors (Lipinski definition) is 2. The molecule has 0 atom stereocenters. The summed E-state index contributed by atoms with van der Waals surface area (Å²) in [5, 5.41) is 12.5. The zero-order valence-electron chi connectivity index (χ0n) is 18.3. The Balaban J connectivity index is 2.35. The van der Waals surface area contributed by atoms with Gasteiger partial charge in [-0.15, -0.1) is 0 Å². The molecule has 0 radical (unpaired) electrons. The van der Waals surface area contributed by atoms with Crippen molar-refractivity contribution in [2.24, 2.45) is 5.73 Å². The molecule has 1 amide bonds. The molecule has 0 saturated carbocycles. The smallest absolute Gasteiger partial charge is 0.232 e. The van der Waals surface area contributed by atoms with Crippen LogP contribution in [-0.4, -0.2) is 11.7 Å². The fourth-order valence-electron chi connectivity index (χ4n) is 3.44. The van der Waals surface area contributed by atoms with Crippen LogP contribution in [-0.2, 0) is 20.4 Å². The number of amides is 1. The Morgan fingerprint density at radius 1 is 1.03 bits per heavy atom. The van der Waals surface area contributed by atoms with E-state index in [4.69, 9.17) is 5.73 Å². The molecule has 5 nitrogen and oxygen atoms in total. The van der Waals surface area contributed by atoms with Crippen molar-refractivity contribution in [1.82, 2.24) is 0 Å². The minimum Gasteiger partial charge on any atom is -0.398 e. The third-order valence-electron chi connectivity index (χ3n) is 4.98. The number of nitriles is 1. The number of hydrogen-bond acceptors (Lipinski definition) is 4. The van der Waals surface area contributed by atoms with Gasteiger partial charge in [-0.05, 0) is 40.9 Å². The van der Waals surface area contributed by atoms with Crippen molar-refractivity contribution in [3.05, 3.63) is 52.2 Å². The molecule has 0 spiro atoms. The summed E-state index contributed by atoms with van der Waals surface area (Å²) >= 11 is 0. The van der Waals surface area contributed by atoms with E-state index in [1.165, 1.54) is 0 Å². The number of Topliss-reactive ketones (excluding diaryl/α,β-unsaturated/α-hetero) is 1. The van der Waals surface area contributed by atoms with Gasteiger partial charge >= 0.3 is 0 Å². The fourth-order valence-corrected chi connectivity index (χ4v) is 3.44. The van der Waals surface area contributed by atoms with Crippen LogP contribution in [0.3, 0.4) is 0 Å². The first-order valence-electron chi connectivity index (χ1n) is 9.93. The zero-order valence-corrected chi connectivity index (χ0v) is 18.3. The van der Waals surface area contributed by atoms with Gasteiger partial charge in [0.25, 0.3) is 0 Å². The molecule has 0 aliphatic heterocycles. The normalized spacial score (nSPS) is 14.5. The van der Waals surface area contributed by atoms with Crippen molar-refractivity contribution in [2.75, 3.05) is 5.32 Å². The molecule has 154 valence electrons. The standard InChI is InChI=1S/C24H31N3O2/c1-23(2,3)17-12-18(24(4,5)6)20(11-15(17)14-25)27-22(29)13-21(28)16-9-7-8-10-19(16)26/h9-12H,7-8,13,26H2,1-6H3,(H,27,29). The highest BCUT2D eigenvalue weighted by Crippen LogP contribution is 2.36. The second kappa shape index (κ2) is 8.24. The molecule has 1 aliphatic rings. The maximum Gasteiger partial charge on any atom is 0.232 e. The van der Waals surface area contributed by atoms with E-state index >= 15 is 0 Å². The Hall–Kier alpha value is -2.87. The van der Waals surface area contributed by atoms with Gasteiger partial charge in [-0.25, -0.2) is 0 Å². The average Bonchev–Trinajstić information content (AvgIpc) is 2.59. The van der Waals surface area contributed by atoms with Crippen LogP contribution in [0.1, 0.15) is 77.5 Å². The number of nitrogens with one attached hydrogen (secondary N) is 1. The highest BCUT2D eigenvalue weighted by molar-refractivity contribution is 6.12. The van der Waals surface area contributed by atoms with E-state index in [1.54, 1.807) is 12.1 Å². The lowest BCUT2D eigenvalue weighted by molar-refractivity contribution is -0.123. The van der Waals surface area contributed by atoms with Crippen molar-refractivity contribution in [3.8, 4) is 6.07 Å². The predicted molar refractivity (Wildman–Crippen MR) is 116 cm³/mol. The van der Waals surface area contributed by atoms with Gasteiger partial charge in [0.1, 0.15) is 0 Å².